The smallest absolute Gasteiger partial charge is 0.416 e. The largest absolute Gasteiger partial charge is 0.478 e. The molecule has 0 aliphatic heterocycles. The summed E-state index contributed by atoms with van der Waals surface area (Å²) in [5.41, 5.74) is -1.45. The molecule has 6 heteroatoms. The van der Waals surface area contributed by atoms with Crippen LogP contribution in [0.3, 0.4) is 0 Å². The zero-order chi connectivity index (χ0) is 12.3. The van der Waals surface area contributed by atoms with Gasteiger partial charge in [-0.15, -0.1) is 0 Å². The minimum absolute atomic E-state index is 0.204. The number of carboxylic acids is 1. The van der Waals surface area contributed by atoms with Gasteiger partial charge in [-0.2, -0.15) is 13.2 Å². The summed E-state index contributed by atoms with van der Waals surface area (Å²) in [6.45, 7) is 0. The number of hydrogen-bond donors (Lipinski definition) is 1. The minimum Gasteiger partial charge on any atom is -0.478 e. The second-order valence-electron chi connectivity index (χ2n) is 2.91. The van der Waals surface area contributed by atoms with Crippen LogP contribution in [0.5, 0.6) is 0 Å². The van der Waals surface area contributed by atoms with E-state index in [0.29, 0.717) is 6.07 Å². The summed E-state index contributed by atoms with van der Waals surface area (Å²) >= 11 is 0. The first-order valence-electron chi connectivity index (χ1n) is 4.08. The molecule has 0 aliphatic carbocycles. The van der Waals surface area contributed by atoms with Gasteiger partial charge in [0.15, 0.2) is 0 Å². The molecular weight excluding hydrogens is 228 g/mol. The molecule has 1 aromatic rings. The Bertz CT molecular complexity index is 435. The summed E-state index contributed by atoms with van der Waals surface area (Å²) in [7, 11) is 0. The van der Waals surface area contributed by atoms with E-state index in [4.69, 9.17) is 5.11 Å². The van der Waals surface area contributed by atoms with Gasteiger partial charge >= 0.3 is 12.1 Å². The lowest BCUT2D eigenvalue weighted by molar-refractivity contribution is -0.137. The molecule has 0 heterocycles. The van der Waals surface area contributed by atoms with Crippen LogP contribution in [0.4, 0.5) is 17.6 Å². The summed E-state index contributed by atoms with van der Waals surface area (Å²) in [6, 6.07) is 3.39. The zero-order valence-corrected chi connectivity index (χ0v) is 7.75. The summed E-state index contributed by atoms with van der Waals surface area (Å²) in [5, 5.41) is 8.24. The molecule has 1 aromatic carbocycles. The number of carboxylic acid groups (broad SMARTS) is 1. The lowest BCUT2D eigenvalue weighted by Gasteiger charge is -2.07. The van der Waals surface area contributed by atoms with Gasteiger partial charge in [-0.1, -0.05) is 12.1 Å². The molecule has 0 radical (unpaired) electrons. The first-order chi connectivity index (χ1) is 7.30. The number of carbonyl (C=O) groups is 1. The summed E-state index contributed by atoms with van der Waals surface area (Å²) in [5.74, 6) is -2.78. The molecule has 0 saturated heterocycles. The SMILES string of the molecule is O=C(O)C=C(F)c1cccc(C(F)(F)F)c1. The van der Waals surface area contributed by atoms with Crippen molar-refractivity contribution in [2.45, 2.75) is 6.18 Å². The average molecular weight is 234 g/mol. The van der Waals surface area contributed by atoms with Crippen molar-refractivity contribution in [3.63, 3.8) is 0 Å². The van der Waals surface area contributed by atoms with Crippen molar-refractivity contribution in [1.29, 1.82) is 0 Å². The maximum Gasteiger partial charge on any atom is 0.416 e. The van der Waals surface area contributed by atoms with E-state index in [1.54, 1.807) is 0 Å². The number of aliphatic carboxylic acids is 1. The molecule has 0 saturated carbocycles. The molecule has 2 nitrogen and oxygen atoms in total. The standard InChI is InChI=1S/C10H6F4O2/c11-8(5-9(15)16)6-2-1-3-7(4-6)10(12,13)14/h1-5H,(H,15,16). The fourth-order valence-corrected chi connectivity index (χ4v) is 1.04. The van der Waals surface area contributed by atoms with E-state index in [2.05, 4.69) is 0 Å². The molecule has 0 spiro atoms. The van der Waals surface area contributed by atoms with Crippen molar-refractivity contribution >= 4 is 11.8 Å². The molecule has 0 unspecified atom stereocenters. The minimum atomic E-state index is -4.58. The predicted molar refractivity (Wildman–Crippen MR) is 48.2 cm³/mol. The van der Waals surface area contributed by atoms with Gasteiger partial charge in [0.2, 0.25) is 0 Å². The third-order valence-corrected chi connectivity index (χ3v) is 1.72. The highest BCUT2D eigenvalue weighted by Crippen LogP contribution is 2.31. The highest BCUT2D eigenvalue weighted by atomic mass is 19.4. The Morgan fingerprint density at radius 2 is 1.94 bits per heavy atom. The molecule has 0 aliphatic rings. The predicted octanol–water partition coefficient (Wildman–Crippen LogP) is 3.10. The van der Waals surface area contributed by atoms with Crippen LogP contribution in [-0.4, -0.2) is 11.1 Å². The molecule has 0 bridgehead atoms. The Morgan fingerprint density at radius 3 is 2.44 bits per heavy atom. The van der Waals surface area contributed by atoms with Crippen LogP contribution in [0, 0.1) is 0 Å². The quantitative estimate of drug-likeness (QED) is 0.630. The molecule has 0 aromatic heterocycles. The van der Waals surface area contributed by atoms with E-state index >= 15 is 0 Å². The number of benzene rings is 1. The van der Waals surface area contributed by atoms with Crippen molar-refractivity contribution in [2.24, 2.45) is 0 Å². The van der Waals surface area contributed by atoms with Crippen molar-refractivity contribution in [1.82, 2.24) is 0 Å². The van der Waals surface area contributed by atoms with Gasteiger partial charge in [0, 0.05) is 5.56 Å². The summed E-state index contributed by atoms with van der Waals surface area (Å²) < 4.78 is 49.8. The van der Waals surface area contributed by atoms with Crippen LogP contribution in [-0.2, 0) is 11.0 Å². The van der Waals surface area contributed by atoms with E-state index in [-0.39, 0.29) is 6.08 Å². The normalized spacial score (nSPS) is 12.6. The maximum absolute atomic E-state index is 13.1. The summed E-state index contributed by atoms with van der Waals surface area (Å²) in [4.78, 5) is 10.1. The first kappa shape index (κ1) is 12.2. The molecule has 86 valence electrons. The van der Waals surface area contributed by atoms with E-state index in [1.807, 2.05) is 0 Å². The third-order valence-electron chi connectivity index (χ3n) is 1.72. The molecule has 0 fully saturated rings. The number of hydrogen-bond acceptors (Lipinski definition) is 1. The average Bonchev–Trinajstić information content (AvgIpc) is 2.15. The molecule has 1 rings (SSSR count). The topological polar surface area (TPSA) is 37.3 Å². The van der Waals surface area contributed by atoms with E-state index in [1.165, 1.54) is 0 Å². The van der Waals surface area contributed by atoms with E-state index < -0.39 is 29.1 Å². The molecule has 0 amide bonds. The Morgan fingerprint density at radius 1 is 1.31 bits per heavy atom. The van der Waals surface area contributed by atoms with E-state index in [9.17, 15) is 22.4 Å². The number of halogens is 4. The first-order valence-corrected chi connectivity index (χ1v) is 4.08. The van der Waals surface area contributed by atoms with Gasteiger partial charge in [-0.05, 0) is 12.1 Å². The van der Waals surface area contributed by atoms with Gasteiger partial charge in [-0.25, -0.2) is 9.18 Å². The second kappa shape index (κ2) is 4.34. The Balaban J connectivity index is 3.13. The van der Waals surface area contributed by atoms with Crippen LogP contribution in [0.25, 0.3) is 5.83 Å². The van der Waals surface area contributed by atoms with Gasteiger partial charge in [0.25, 0.3) is 0 Å². The number of rotatable bonds is 2. The van der Waals surface area contributed by atoms with E-state index in [0.717, 1.165) is 18.2 Å². The van der Waals surface area contributed by atoms with Crippen molar-refractivity contribution in [3.05, 3.63) is 41.5 Å². The van der Waals surface area contributed by atoms with Gasteiger partial charge in [0.1, 0.15) is 5.83 Å². The van der Waals surface area contributed by atoms with Crippen molar-refractivity contribution in [3.8, 4) is 0 Å². The fourth-order valence-electron chi connectivity index (χ4n) is 1.04. The number of alkyl halides is 3. The van der Waals surface area contributed by atoms with Crippen molar-refractivity contribution < 1.29 is 27.5 Å². The highest BCUT2D eigenvalue weighted by molar-refractivity contribution is 5.88. The zero-order valence-electron chi connectivity index (χ0n) is 7.75. The second-order valence-corrected chi connectivity index (χ2v) is 2.91. The van der Waals surface area contributed by atoms with Crippen LogP contribution >= 0.6 is 0 Å². The maximum atomic E-state index is 13.1. The van der Waals surface area contributed by atoms with Gasteiger partial charge in [-0.3, -0.25) is 0 Å². The van der Waals surface area contributed by atoms with Crippen LogP contribution < -0.4 is 0 Å². The lowest BCUT2D eigenvalue weighted by atomic mass is 10.1. The molecule has 1 N–H and O–H groups in total. The molecule has 0 atom stereocenters. The van der Waals surface area contributed by atoms with Crippen LogP contribution in [0.15, 0.2) is 30.3 Å². The van der Waals surface area contributed by atoms with Crippen molar-refractivity contribution in [2.75, 3.05) is 0 Å². The molecular formula is C10H6F4O2. The fraction of sp³-hybridized carbons (Fsp3) is 0.100. The van der Waals surface area contributed by atoms with Gasteiger partial charge in [0.05, 0.1) is 11.6 Å². The Labute approximate surface area is 87.8 Å². The Kier molecular flexibility index (Phi) is 3.31. The van der Waals surface area contributed by atoms with Crippen LogP contribution in [0.1, 0.15) is 11.1 Å². The van der Waals surface area contributed by atoms with Gasteiger partial charge < -0.3 is 5.11 Å². The third kappa shape index (κ3) is 3.08. The Hall–Kier alpha value is -1.85. The molecule has 16 heavy (non-hydrogen) atoms. The summed E-state index contributed by atoms with van der Waals surface area (Å²) in [6.07, 6.45) is -4.38. The monoisotopic (exact) mass is 234 g/mol. The highest BCUT2D eigenvalue weighted by Gasteiger charge is 2.30. The lowest BCUT2D eigenvalue weighted by Crippen LogP contribution is -2.04. The van der Waals surface area contributed by atoms with Crippen LogP contribution in [0.2, 0.25) is 0 Å².